The Kier molecular flexibility index (Phi) is 7.57. The molecule has 31 heavy (non-hydrogen) atoms. The molecule has 164 valence electrons. The van der Waals surface area contributed by atoms with Gasteiger partial charge in [0.1, 0.15) is 12.4 Å². The summed E-state index contributed by atoms with van der Waals surface area (Å²) in [6, 6.07) is 15.8. The molecule has 1 heterocycles. The molecule has 0 aliphatic heterocycles. The molecule has 8 heteroatoms. The van der Waals surface area contributed by atoms with Crippen LogP contribution in [0.3, 0.4) is 0 Å². The number of carbonyl (C=O) groups excluding carboxylic acids is 1. The Hall–Kier alpha value is -3.00. The number of nitrogens with two attached hydrogens (primary N) is 1. The van der Waals surface area contributed by atoms with E-state index in [1.54, 1.807) is 0 Å². The van der Waals surface area contributed by atoms with Gasteiger partial charge < -0.3 is 15.9 Å². The highest BCUT2D eigenvalue weighted by molar-refractivity contribution is 7.99. The average Bonchev–Trinajstić information content (AvgIpc) is 3.11. The predicted octanol–water partition coefficient (Wildman–Crippen LogP) is 4.55. The maximum absolute atomic E-state index is 12.3. The minimum atomic E-state index is -0.131. The lowest BCUT2D eigenvalue weighted by molar-refractivity contribution is -0.113. The minimum absolute atomic E-state index is 0.131. The lowest BCUT2D eigenvalue weighted by Crippen LogP contribution is -2.18. The van der Waals surface area contributed by atoms with Gasteiger partial charge in [0.25, 0.3) is 0 Å². The van der Waals surface area contributed by atoms with E-state index in [9.17, 15) is 4.79 Å². The summed E-state index contributed by atoms with van der Waals surface area (Å²) in [7, 11) is 0. The monoisotopic (exact) mass is 439 g/mol. The number of aromatic nitrogens is 3. The van der Waals surface area contributed by atoms with E-state index < -0.39 is 0 Å². The summed E-state index contributed by atoms with van der Waals surface area (Å²) in [5.41, 5.74) is 3.25. The number of hydrogen-bond donors (Lipinski definition) is 2. The third-order valence-electron chi connectivity index (χ3n) is 4.84. The second-order valence-electron chi connectivity index (χ2n) is 7.89. The van der Waals surface area contributed by atoms with E-state index >= 15 is 0 Å². The average molecular weight is 440 g/mol. The number of carbonyl (C=O) groups is 1. The van der Waals surface area contributed by atoms with Crippen molar-refractivity contribution < 1.29 is 9.53 Å². The van der Waals surface area contributed by atoms with Crippen LogP contribution in [0.1, 0.15) is 56.5 Å². The maximum Gasteiger partial charge on any atom is 0.234 e. The number of thioether (sulfide) groups is 1. The zero-order valence-corrected chi connectivity index (χ0v) is 19.1. The molecule has 0 bridgehead atoms. The number of hydrogen-bond acceptors (Lipinski definition) is 6. The van der Waals surface area contributed by atoms with E-state index in [-0.39, 0.29) is 18.3 Å². The standard InChI is InChI=1S/C23H29N5O2S/c1-15(2)17-5-9-19(10-6-17)25-22(29)14-31-23-27-26-21(28(23)24)13-30-20-11-7-18(8-12-20)16(3)4/h5-12,15-16H,13-14,24H2,1-4H3,(H,25,29). The first-order valence-corrected chi connectivity index (χ1v) is 11.3. The molecule has 0 unspecified atom stereocenters. The van der Waals surface area contributed by atoms with Crippen molar-refractivity contribution in [3.05, 3.63) is 65.5 Å². The van der Waals surface area contributed by atoms with Gasteiger partial charge in [-0.05, 0) is 47.2 Å². The molecule has 0 fully saturated rings. The zero-order valence-electron chi connectivity index (χ0n) is 18.3. The van der Waals surface area contributed by atoms with Gasteiger partial charge in [-0.2, -0.15) is 0 Å². The summed E-state index contributed by atoms with van der Waals surface area (Å²) < 4.78 is 7.12. The highest BCUT2D eigenvalue weighted by atomic mass is 32.2. The van der Waals surface area contributed by atoms with E-state index in [2.05, 4.69) is 43.2 Å². The topological polar surface area (TPSA) is 95.1 Å². The van der Waals surface area contributed by atoms with Crippen LogP contribution in [-0.4, -0.2) is 26.5 Å². The minimum Gasteiger partial charge on any atom is -0.486 e. The van der Waals surface area contributed by atoms with Crippen LogP contribution in [0.25, 0.3) is 0 Å². The Bertz CT molecular complexity index is 998. The molecule has 7 nitrogen and oxygen atoms in total. The van der Waals surface area contributed by atoms with Crippen LogP contribution in [0, 0.1) is 0 Å². The summed E-state index contributed by atoms with van der Waals surface area (Å²) in [5, 5.41) is 11.5. The molecule has 3 N–H and O–H groups in total. The highest BCUT2D eigenvalue weighted by Gasteiger charge is 2.13. The van der Waals surface area contributed by atoms with E-state index in [0.717, 1.165) is 11.4 Å². The second-order valence-corrected chi connectivity index (χ2v) is 8.84. The Balaban J connectivity index is 1.49. The maximum atomic E-state index is 12.3. The van der Waals surface area contributed by atoms with Crippen LogP contribution in [-0.2, 0) is 11.4 Å². The molecule has 3 rings (SSSR count). The number of ether oxygens (including phenoxy) is 1. The van der Waals surface area contributed by atoms with Gasteiger partial charge in [0.05, 0.1) is 5.75 Å². The van der Waals surface area contributed by atoms with Crippen LogP contribution in [0.5, 0.6) is 5.75 Å². The third kappa shape index (κ3) is 6.24. The molecule has 1 amide bonds. The van der Waals surface area contributed by atoms with E-state index in [0.29, 0.717) is 22.8 Å². The summed E-state index contributed by atoms with van der Waals surface area (Å²) in [6.45, 7) is 8.76. The Morgan fingerprint density at radius 3 is 2.16 bits per heavy atom. The van der Waals surface area contributed by atoms with Crippen molar-refractivity contribution in [2.24, 2.45) is 0 Å². The van der Waals surface area contributed by atoms with Gasteiger partial charge in [0.15, 0.2) is 5.82 Å². The van der Waals surface area contributed by atoms with Crippen molar-refractivity contribution in [2.75, 3.05) is 16.9 Å². The molecule has 0 saturated heterocycles. The molecule has 3 aromatic rings. The normalized spacial score (nSPS) is 11.2. The van der Waals surface area contributed by atoms with Gasteiger partial charge in [0.2, 0.25) is 11.1 Å². The Morgan fingerprint density at radius 1 is 1.00 bits per heavy atom. The lowest BCUT2D eigenvalue weighted by atomic mass is 10.0. The molecule has 0 aliphatic rings. The molecule has 2 aromatic carbocycles. The second kappa shape index (κ2) is 10.3. The molecule has 0 spiro atoms. The van der Waals surface area contributed by atoms with Gasteiger partial charge in [-0.15, -0.1) is 10.2 Å². The summed E-state index contributed by atoms with van der Waals surface area (Å²) in [5.74, 6) is 8.27. The van der Waals surface area contributed by atoms with Gasteiger partial charge in [0, 0.05) is 5.69 Å². The molecule has 0 saturated carbocycles. The number of benzene rings is 2. The van der Waals surface area contributed by atoms with Crippen molar-refractivity contribution >= 4 is 23.4 Å². The summed E-state index contributed by atoms with van der Waals surface area (Å²) in [6.07, 6.45) is 0. The molecule has 0 radical (unpaired) electrons. The summed E-state index contributed by atoms with van der Waals surface area (Å²) >= 11 is 1.23. The zero-order chi connectivity index (χ0) is 22.4. The van der Waals surface area contributed by atoms with Gasteiger partial charge in [-0.1, -0.05) is 63.7 Å². The third-order valence-corrected chi connectivity index (χ3v) is 5.79. The first-order chi connectivity index (χ1) is 14.8. The fraction of sp³-hybridized carbons (Fsp3) is 0.348. The van der Waals surface area contributed by atoms with Crippen molar-refractivity contribution in [3.63, 3.8) is 0 Å². The molecular formula is C23H29N5O2S. The highest BCUT2D eigenvalue weighted by Crippen LogP contribution is 2.21. The SMILES string of the molecule is CC(C)c1ccc(NC(=O)CSc2nnc(COc3ccc(C(C)C)cc3)n2N)cc1. The first kappa shape index (κ1) is 22.7. The van der Waals surface area contributed by atoms with Crippen LogP contribution >= 0.6 is 11.8 Å². The van der Waals surface area contributed by atoms with E-state index in [1.165, 1.54) is 27.6 Å². The summed E-state index contributed by atoms with van der Waals surface area (Å²) in [4.78, 5) is 12.3. The number of nitrogens with zero attached hydrogens (tertiary/aromatic N) is 3. The fourth-order valence-electron chi connectivity index (χ4n) is 2.88. The van der Waals surface area contributed by atoms with E-state index in [4.69, 9.17) is 10.6 Å². The van der Waals surface area contributed by atoms with Gasteiger partial charge in [-0.3, -0.25) is 4.79 Å². The Labute approximate surface area is 187 Å². The van der Waals surface area contributed by atoms with Crippen LogP contribution < -0.4 is 15.9 Å². The number of nitrogens with one attached hydrogen (secondary N) is 1. The fourth-order valence-corrected chi connectivity index (χ4v) is 3.55. The van der Waals surface area contributed by atoms with Crippen LogP contribution in [0.15, 0.2) is 53.7 Å². The first-order valence-electron chi connectivity index (χ1n) is 10.3. The van der Waals surface area contributed by atoms with Crippen molar-refractivity contribution in [1.29, 1.82) is 0 Å². The van der Waals surface area contributed by atoms with Crippen molar-refractivity contribution in [2.45, 2.75) is 51.3 Å². The van der Waals surface area contributed by atoms with Crippen LogP contribution in [0.4, 0.5) is 5.69 Å². The van der Waals surface area contributed by atoms with Crippen molar-refractivity contribution in [1.82, 2.24) is 14.9 Å². The van der Waals surface area contributed by atoms with Gasteiger partial charge in [-0.25, -0.2) is 4.68 Å². The van der Waals surface area contributed by atoms with E-state index in [1.807, 2.05) is 48.5 Å². The molecule has 0 aliphatic carbocycles. The Morgan fingerprint density at radius 2 is 1.58 bits per heavy atom. The number of rotatable bonds is 9. The van der Waals surface area contributed by atoms with Crippen molar-refractivity contribution in [3.8, 4) is 5.75 Å². The van der Waals surface area contributed by atoms with Crippen LogP contribution in [0.2, 0.25) is 0 Å². The number of nitrogen functional groups attached to an aromatic ring is 1. The molecular weight excluding hydrogens is 410 g/mol. The molecule has 0 atom stereocenters. The lowest BCUT2D eigenvalue weighted by Gasteiger charge is -2.09. The quantitative estimate of drug-likeness (QED) is 0.375. The number of anilines is 1. The predicted molar refractivity (Wildman–Crippen MR) is 125 cm³/mol. The van der Waals surface area contributed by atoms with Gasteiger partial charge >= 0.3 is 0 Å². The molecule has 1 aromatic heterocycles. The smallest absolute Gasteiger partial charge is 0.234 e. The number of amides is 1. The largest absolute Gasteiger partial charge is 0.486 e.